The van der Waals surface area contributed by atoms with Crippen molar-refractivity contribution in [3.05, 3.63) is 84.7 Å². The smallest absolute Gasteiger partial charge is 0.410 e. The van der Waals surface area contributed by atoms with E-state index in [9.17, 15) is 19.5 Å². The molecule has 0 radical (unpaired) electrons. The van der Waals surface area contributed by atoms with Crippen LogP contribution >= 0.6 is 0 Å². The molecule has 1 fully saturated rings. The summed E-state index contributed by atoms with van der Waals surface area (Å²) < 4.78 is 11.3. The maximum atomic E-state index is 13.1. The summed E-state index contributed by atoms with van der Waals surface area (Å²) in [6, 6.07) is 14.9. The van der Waals surface area contributed by atoms with Crippen molar-refractivity contribution < 1.29 is 29.0 Å². The maximum Gasteiger partial charge on any atom is 0.410 e. The lowest BCUT2D eigenvalue weighted by molar-refractivity contribution is -0.124. The van der Waals surface area contributed by atoms with E-state index in [2.05, 4.69) is 54.8 Å². The molecule has 5 N–H and O–H groups in total. The van der Waals surface area contributed by atoms with Crippen molar-refractivity contribution in [1.29, 1.82) is 0 Å². The molecule has 4 aromatic rings. The quantitative estimate of drug-likeness (QED) is 0.138. The van der Waals surface area contributed by atoms with Crippen LogP contribution in [0, 0.1) is 0 Å². The van der Waals surface area contributed by atoms with E-state index in [0.29, 0.717) is 44.8 Å². The van der Waals surface area contributed by atoms with Gasteiger partial charge in [-0.25, -0.2) is 19.6 Å². The molecule has 51 heavy (non-hydrogen) atoms. The summed E-state index contributed by atoms with van der Waals surface area (Å²) in [5.41, 5.74) is 5.14. The third kappa shape index (κ3) is 9.03. The predicted molar refractivity (Wildman–Crippen MR) is 192 cm³/mol. The molecule has 2 aromatic carbocycles. The number of nitrogens with zero attached hydrogens (tertiary/aromatic N) is 3. The van der Waals surface area contributed by atoms with Crippen molar-refractivity contribution in [3.8, 4) is 33.6 Å². The third-order valence-electron chi connectivity index (χ3n) is 8.93. The summed E-state index contributed by atoms with van der Waals surface area (Å²) in [7, 11) is 0. The third-order valence-corrected chi connectivity index (χ3v) is 8.93. The van der Waals surface area contributed by atoms with Crippen molar-refractivity contribution in [1.82, 2.24) is 35.5 Å². The molecule has 3 amide bonds. The second kappa shape index (κ2) is 15.6. The number of imidazole rings is 2. The van der Waals surface area contributed by atoms with Gasteiger partial charge in [-0.1, -0.05) is 60.7 Å². The average Bonchev–Trinajstić information content (AvgIpc) is 3.88. The van der Waals surface area contributed by atoms with Crippen molar-refractivity contribution in [2.45, 2.75) is 76.6 Å². The van der Waals surface area contributed by atoms with Gasteiger partial charge in [0.15, 0.2) is 0 Å². The van der Waals surface area contributed by atoms with E-state index in [1.807, 2.05) is 63.4 Å². The number of benzene rings is 2. The second-order valence-corrected chi connectivity index (χ2v) is 13.8. The summed E-state index contributed by atoms with van der Waals surface area (Å²) in [5.74, 6) is 0.918. The van der Waals surface area contributed by atoms with Gasteiger partial charge in [-0.05, 0) is 75.1 Å². The van der Waals surface area contributed by atoms with Crippen LogP contribution in [0.15, 0.2) is 73.1 Å². The number of carbonyl (C=O) groups excluding carboxylic acids is 2. The number of rotatable bonds is 6. The lowest BCUT2D eigenvalue weighted by Crippen LogP contribution is -2.47. The second-order valence-electron chi connectivity index (χ2n) is 13.8. The number of allylic oxidation sites excluding steroid dienone is 1. The molecule has 3 atom stereocenters. The number of carboxylic acid groups (broad SMARTS) is 1. The number of aromatic amines is 2. The molecule has 6 rings (SSSR count). The Morgan fingerprint density at radius 1 is 0.882 bits per heavy atom. The highest BCUT2D eigenvalue weighted by Crippen LogP contribution is 2.33. The molecule has 0 aliphatic carbocycles. The first-order valence-electron chi connectivity index (χ1n) is 17.4. The minimum absolute atomic E-state index is 0.142. The number of aromatic nitrogens is 4. The molecule has 13 heteroatoms. The Labute approximate surface area is 296 Å². The lowest BCUT2D eigenvalue weighted by atomic mass is 10.0. The Bertz CT molecular complexity index is 1840. The SMILES string of the molecule is CC(C)(C)OC(=O)N1CCC[C@H]1c1ncc(-c2ccc(-c3ccc(-c4cnc([C@@H]5CCOC/C=C\CC[C@H](NC(=O)O)C(=O)N5)[nH]4)cc3)cc2)[nH]1. The highest BCUT2D eigenvalue weighted by atomic mass is 16.6. The molecule has 0 unspecified atom stereocenters. The fourth-order valence-electron chi connectivity index (χ4n) is 6.36. The van der Waals surface area contributed by atoms with E-state index in [0.717, 1.165) is 52.3 Å². The zero-order valence-corrected chi connectivity index (χ0v) is 29.1. The minimum Gasteiger partial charge on any atom is -0.465 e. The number of hydrogen-bond acceptors (Lipinski definition) is 7. The summed E-state index contributed by atoms with van der Waals surface area (Å²) in [6.45, 7) is 7.09. The average molecular weight is 696 g/mol. The van der Waals surface area contributed by atoms with Crippen molar-refractivity contribution in [2.24, 2.45) is 0 Å². The van der Waals surface area contributed by atoms with Gasteiger partial charge in [-0.3, -0.25) is 9.69 Å². The van der Waals surface area contributed by atoms with Crippen LogP contribution in [0.5, 0.6) is 0 Å². The molecular formula is C38H45N7O6. The Balaban J connectivity index is 1.11. The molecule has 13 nitrogen and oxygen atoms in total. The van der Waals surface area contributed by atoms with Crippen LogP contribution in [0.2, 0.25) is 0 Å². The standard InChI is InChI=1S/C38H45N7O6/c1-38(2,3)51-37(49)45-19-7-9-32(45)34-40-23-31(42-34)27-16-12-25(13-17-27)24-10-14-26(15-11-24)30-22-39-33(41-30)28-18-21-50-20-6-4-5-8-29(35(46)43-28)44-36(47)48/h4,6,10-17,22-23,28-29,32,44H,5,7-9,18-21H2,1-3H3,(H,39,41)(H,40,42)(H,43,46)(H,47,48)/b6-4-/t28-,29-,32-/m0/s1. The number of ether oxygens (including phenoxy) is 2. The van der Waals surface area contributed by atoms with Gasteiger partial charge in [0.2, 0.25) is 5.91 Å². The van der Waals surface area contributed by atoms with Gasteiger partial charge >= 0.3 is 12.2 Å². The molecule has 2 aliphatic heterocycles. The van der Waals surface area contributed by atoms with Crippen LogP contribution < -0.4 is 10.6 Å². The van der Waals surface area contributed by atoms with Gasteiger partial charge in [0.1, 0.15) is 23.3 Å². The van der Waals surface area contributed by atoms with Crippen LogP contribution in [0.3, 0.4) is 0 Å². The number of H-pyrrole nitrogens is 2. The van der Waals surface area contributed by atoms with Gasteiger partial charge in [0.25, 0.3) is 0 Å². The van der Waals surface area contributed by atoms with Crippen LogP contribution in [0.25, 0.3) is 33.6 Å². The minimum atomic E-state index is -1.24. The maximum absolute atomic E-state index is 13.1. The molecule has 2 aromatic heterocycles. The number of nitrogens with one attached hydrogen (secondary N) is 4. The van der Waals surface area contributed by atoms with Crippen molar-refractivity contribution in [3.63, 3.8) is 0 Å². The molecule has 0 bridgehead atoms. The van der Waals surface area contributed by atoms with E-state index in [-0.39, 0.29) is 12.1 Å². The fourth-order valence-corrected chi connectivity index (χ4v) is 6.36. The Kier molecular flexibility index (Phi) is 10.8. The van der Waals surface area contributed by atoms with Crippen LogP contribution in [0.1, 0.15) is 76.6 Å². The van der Waals surface area contributed by atoms with Crippen LogP contribution in [-0.2, 0) is 14.3 Å². The largest absolute Gasteiger partial charge is 0.465 e. The molecule has 1 saturated heterocycles. The predicted octanol–water partition coefficient (Wildman–Crippen LogP) is 6.76. The number of hydrogen-bond donors (Lipinski definition) is 5. The zero-order valence-electron chi connectivity index (χ0n) is 29.1. The van der Waals surface area contributed by atoms with E-state index < -0.39 is 29.7 Å². The Hall–Kier alpha value is -5.43. The summed E-state index contributed by atoms with van der Waals surface area (Å²) >= 11 is 0. The normalized spacial score (nSPS) is 20.9. The van der Waals surface area contributed by atoms with Gasteiger partial charge in [-0.2, -0.15) is 0 Å². The molecule has 2 aliphatic rings. The van der Waals surface area contributed by atoms with E-state index in [1.165, 1.54) is 0 Å². The summed E-state index contributed by atoms with van der Waals surface area (Å²) in [4.78, 5) is 54.9. The lowest BCUT2D eigenvalue weighted by Gasteiger charge is -2.27. The fraction of sp³-hybridized carbons (Fsp3) is 0.395. The van der Waals surface area contributed by atoms with Gasteiger partial charge in [0, 0.05) is 13.2 Å². The van der Waals surface area contributed by atoms with E-state index >= 15 is 0 Å². The van der Waals surface area contributed by atoms with Crippen molar-refractivity contribution >= 4 is 18.1 Å². The summed E-state index contributed by atoms with van der Waals surface area (Å²) in [6.07, 6.45) is 8.82. The zero-order chi connectivity index (χ0) is 36.0. The van der Waals surface area contributed by atoms with Crippen LogP contribution in [-0.4, -0.2) is 79.4 Å². The molecule has 268 valence electrons. The molecular weight excluding hydrogens is 650 g/mol. The topological polar surface area (TPSA) is 175 Å². The Morgan fingerprint density at radius 3 is 2.12 bits per heavy atom. The molecule has 0 spiro atoms. The first-order chi connectivity index (χ1) is 24.5. The highest BCUT2D eigenvalue weighted by Gasteiger charge is 2.35. The number of amides is 3. The van der Waals surface area contributed by atoms with Crippen LogP contribution in [0.4, 0.5) is 9.59 Å². The van der Waals surface area contributed by atoms with Crippen molar-refractivity contribution in [2.75, 3.05) is 19.8 Å². The first-order valence-corrected chi connectivity index (χ1v) is 17.4. The first kappa shape index (κ1) is 35.4. The number of carbonyl (C=O) groups is 3. The van der Waals surface area contributed by atoms with Gasteiger partial charge < -0.3 is 35.2 Å². The highest BCUT2D eigenvalue weighted by molar-refractivity contribution is 5.85. The monoisotopic (exact) mass is 695 g/mol. The van der Waals surface area contributed by atoms with E-state index in [1.54, 1.807) is 11.1 Å². The number of likely N-dealkylation sites (tertiary alicyclic amines) is 1. The molecule has 4 heterocycles. The van der Waals surface area contributed by atoms with Gasteiger partial charge in [0.05, 0.1) is 42.5 Å². The molecule has 0 saturated carbocycles. The summed E-state index contributed by atoms with van der Waals surface area (Å²) in [5, 5.41) is 14.5. The Morgan fingerprint density at radius 2 is 1.49 bits per heavy atom. The van der Waals surface area contributed by atoms with Gasteiger partial charge in [-0.15, -0.1) is 0 Å². The van der Waals surface area contributed by atoms with E-state index in [4.69, 9.17) is 9.47 Å².